The van der Waals surface area contributed by atoms with Crippen LogP contribution in [0.4, 0.5) is 0 Å². The molecule has 4 heteroatoms. The maximum absolute atomic E-state index is 9.35. The van der Waals surface area contributed by atoms with Crippen LogP contribution in [0, 0.1) is 0 Å². The molecule has 0 spiro atoms. The highest BCUT2D eigenvalue weighted by atomic mass is 35.5. The second kappa shape index (κ2) is 5.01. The zero-order chi connectivity index (χ0) is 10.7. The molecule has 0 atom stereocenters. The molecule has 1 aromatic heterocycles. The molecule has 0 radical (unpaired) electrons. The molecule has 0 bridgehead atoms. The molecule has 1 heterocycles. The quantitative estimate of drug-likeness (QED) is 0.836. The fraction of sp³-hybridized carbons (Fsp3) is 0.636. The van der Waals surface area contributed by atoms with E-state index in [1.54, 1.807) is 6.07 Å². The van der Waals surface area contributed by atoms with Gasteiger partial charge in [0.05, 0.1) is 12.6 Å². The SMILES string of the molecule is OC1CCC(NCc2ccc(Cl)o2)CC1. The van der Waals surface area contributed by atoms with Crippen LogP contribution in [0.5, 0.6) is 0 Å². The number of furan rings is 1. The molecule has 84 valence electrons. The minimum absolute atomic E-state index is 0.0962. The van der Waals surface area contributed by atoms with Gasteiger partial charge in [-0.25, -0.2) is 0 Å². The molecule has 0 amide bonds. The summed E-state index contributed by atoms with van der Waals surface area (Å²) >= 11 is 5.67. The second-order valence-corrected chi connectivity index (χ2v) is 4.46. The summed E-state index contributed by atoms with van der Waals surface area (Å²) in [5.74, 6) is 0.867. The second-order valence-electron chi connectivity index (χ2n) is 4.09. The van der Waals surface area contributed by atoms with Crippen LogP contribution in [-0.2, 0) is 6.54 Å². The van der Waals surface area contributed by atoms with Gasteiger partial charge in [-0.15, -0.1) is 0 Å². The van der Waals surface area contributed by atoms with E-state index in [1.807, 2.05) is 6.07 Å². The fourth-order valence-corrected chi connectivity index (χ4v) is 2.13. The Morgan fingerprint density at radius 2 is 2.07 bits per heavy atom. The summed E-state index contributed by atoms with van der Waals surface area (Å²) in [5, 5.41) is 13.2. The zero-order valence-electron chi connectivity index (χ0n) is 8.58. The summed E-state index contributed by atoms with van der Waals surface area (Å²) in [7, 11) is 0. The van der Waals surface area contributed by atoms with Crippen LogP contribution in [0.25, 0.3) is 0 Å². The molecular weight excluding hydrogens is 214 g/mol. The lowest BCUT2D eigenvalue weighted by molar-refractivity contribution is 0.116. The molecule has 0 aromatic carbocycles. The van der Waals surface area contributed by atoms with Gasteiger partial charge in [-0.05, 0) is 49.4 Å². The molecule has 2 rings (SSSR count). The molecule has 2 N–H and O–H groups in total. The lowest BCUT2D eigenvalue weighted by atomic mass is 9.93. The van der Waals surface area contributed by atoms with Crippen molar-refractivity contribution in [1.82, 2.24) is 5.32 Å². The van der Waals surface area contributed by atoms with Crippen molar-refractivity contribution in [3.63, 3.8) is 0 Å². The van der Waals surface area contributed by atoms with Gasteiger partial charge in [-0.3, -0.25) is 0 Å². The summed E-state index contributed by atoms with van der Waals surface area (Å²) in [5.41, 5.74) is 0. The maximum Gasteiger partial charge on any atom is 0.193 e. The van der Waals surface area contributed by atoms with Gasteiger partial charge in [-0.2, -0.15) is 0 Å². The van der Waals surface area contributed by atoms with Crippen LogP contribution in [0.1, 0.15) is 31.4 Å². The summed E-state index contributed by atoms with van der Waals surface area (Å²) in [4.78, 5) is 0. The van der Waals surface area contributed by atoms with E-state index in [1.165, 1.54) is 0 Å². The third kappa shape index (κ3) is 3.23. The molecule has 1 aliphatic carbocycles. The molecule has 1 fully saturated rings. The minimum atomic E-state index is -0.0962. The van der Waals surface area contributed by atoms with E-state index in [0.29, 0.717) is 17.8 Å². The van der Waals surface area contributed by atoms with E-state index in [9.17, 15) is 5.11 Å². The predicted molar refractivity (Wildman–Crippen MR) is 58.8 cm³/mol. The topological polar surface area (TPSA) is 45.4 Å². The average molecular weight is 230 g/mol. The maximum atomic E-state index is 9.35. The standard InChI is InChI=1S/C11H16ClNO2/c12-11-6-5-10(15-11)7-13-8-1-3-9(14)4-2-8/h5-6,8-9,13-14H,1-4,7H2. The van der Waals surface area contributed by atoms with Crippen molar-refractivity contribution >= 4 is 11.6 Å². The van der Waals surface area contributed by atoms with E-state index in [4.69, 9.17) is 16.0 Å². The first-order valence-corrected chi connectivity index (χ1v) is 5.77. The first-order valence-electron chi connectivity index (χ1n) is 5.39. The third-order valence-electron chi connectivity index (χ3n) is 2.89. The highest BCUT2D eigenvalue weighted by Crippen LogP contribution is 2.19. The van der Waals surface area contributed by atoms with Crippen LogP contribution >= 0.6 is 11.6 Å². The van der Waals surface area contributed by atoms with Gasteiger partial charge in [0.1, 0.15) is 5.76 Å². The molecule has 3 nitrogen and oxygen atoms in total. The Labute approximate surface area is 94.4 Å². The van der Waals surface area contributed by atoms with E-state index < -0.39 is 0 Å². The first kappa shape index (κ1) is 11.0. The molecule has 0 unspecified atom stereocenters. The van der Waals surface area contributed by atoms with E-state index in [-0.39, 0.29) is 6.10 Å². The Morgan fingerprint density at radius 1 is 1.33 bits per heavy atom. The Balaban J connectivity index is 1.74. The van der Waals surface area contributed by atoms with Crippen LogP contribution in [-0.4, -0.2) is 17.3 Å². The Morgan fingerprint density at radius 3 is 2.67 bits per heavy atom. The average Bonchev–Trinajstić information content (AvgIpc) is 2.64. The predicted octanol–water partition coefficient (Wildman–Crippen LogP) is 2.33. The van der Waals surface area contributed by atoms with Crippen LogP contribution in [0.15, 0.2) is 16.5 Å². The number of aliphatic hydroxyl groups excluding tert-OH is 1. The van der Waals surface area contributed by atoms with Gasteiger partial charge in [-0.1, -0.05) is 0 Å². The van der Waals surface area contributed by atoms with Crippen molar-refractivity contribution in [3.8, 4) is 0 Å². The lowest BCUT2D eigenvalue weighted by Crippen LogP contribution is -2.33. The number of aliphatic hydroxyl groups is 1. The molecular formula is C11H16ClNO2. The number of nitrogens with one attached hydrogen (secondary N) is 1. The highest BCUT2D eigenvalue weighted by Gasteiger charge is 2.18. The monoisotopic (exact) mass is 229 g/mol. The van der Waals surface area contributed by atoms with Gasteiger partial charge >= 0.3 is 0 Å². The molecule has 1 aliphatic rings. The van der Waals surface area contributed by atoms with Crippen molar-refractivity contribution in [2.45, 2.75) is 44.4 Å². The van der Waals surface area contributed by atoms with E-state index in [2.05, 4.69) is 5.32 Å². The van der Waals surface area contributed by atoms with E-state index >= 15 is 0 Å². The van der Waals surface area contributed by atoms with Gasteiger partial charge in [0.15, 0.2) is 5.22 Å². The van der Waals surface area contributed by atoms with Crippen molar-refractivity contribution in [3.05, 3.63) is 23.1 Å². The fourth-order valence-electron chi connectivity index (χ4n) is 1.97. The molecule has 1 saturated carbocycles. The largest absolute Gasteiger partial charge is 0.448 e. The van der Waals surface area contributed by atoms with Crippen molar-refractivity contribution in [2.24, 2.45) is 0 Å². The van der Waals surface area contributed by atoms with Crippen molar-refractivity contribution in [1.29, 1.82) is 0 Å². The minimum Gasteiger partial charge on any atom is -0.448 e. The van der Waals surface area contributed by atoms with Gasteiger partial charge in [0.2, 0.25) is 0 Å². The number of hydrogen-bond acceptors (Lipinski definition) is 3. The molecule has 0 saturated heterocycles. The van der Waals surface area contributed by atoms with Gasteiger partial charge < -0.3 is 14.8 Å². The Bertz CT molecular complexity index is 305. The zero-order valence-corrected chi connectivity index (χ0v) is 9.33. The Hall–Kier alpha value is -0.510. The smallest absolute Gasteiger partial charge is 0.193 e. The Kier molecular flexibility index (Phi) is 3.67. The molecule has 1 aromatic rings. The van der Waals surface area contributed by atoms with Crippen LogP contribution < -0.4 is 5.32 Å². The number of halogens is 1. The molecule has 15 heavy (non-hydrogen) atoms. The normalized spacial score (nSPS) is 26.8. The van der Waals surface area contributed by atoms with Crippen LogP contribution in [0.3, 0.4) is 0 Å². The lowest BCUT2D eigenvalue weighted by Gasteiger charge is -2.25. The van der Waals surface area contributed by atoms with Gasteiger partial charge in [0, 0.05) is 6.04 Å². The van der Waals surface area contributed by atoms with Crippen molar-refractivity contribution in [2.75, 3.05) is 0 Å². The number of rotatable bonds is 3. The van der Waals surface area contributed by atoms with Crippen molar-refractivity contribution < 1.29 is 9.52 Å². The summed E-state index contributed by atoms with van der Waals surface area (Å²) in [6.07, 6.45) is 3.78. The number of hydrogen-bond donors (Lipinski definition) is 2. The van der Waals surface area contributed by atoms with Gasteiger partial charge in [0.25, 0.3) is 0 Å². The summed E-state index contributed by atoms with van der Waals surface area (Å²) in [6, 6.07) is 4.13. The first-order chi connectivity index (χ1) is 7.24. The third-order valence-corrected chi connectivity index (χ3v) is 3.09. The molecule has 0 aliphatic heterocycles. The summed E-state index contributed by atoms with van der Waals surface area (Å²) in [6.45, 7) is 0.716. The highest BCUT2D eigenvalue weighted by molar-refractivity contribution is 6.28. The summed E-state index contributed by atoms with van der Waals surface area (Å²) < 4.78 is 5.25. The van der Waals surface area contributed by atoms with Crippen LogP contribution in [0.2, 0.25) is 5.22 Å². The van der Waals surface area contributed by atoms with E-state index in [0.717, 1.165) is 31.4 Å².